The van der Waals surface area contributed by atoms with Crippen molar-refractivity contribution in [2.45, 2.75) is 13.8 Å². The van der Waals surface area contributed by atoms with Crippen molar-refractivity contribution in [3.05, 3.63) is 98.1 Å². The Balaban J connectivity index is 1.52. The summed E-state index contributed by atoms with van der Waals surface area (Å²) in [6.07, 6.45) is 0. The summed E-state index contributed by atoms with van der Waals surface area (Å²) in [5.41, 5.74) is 2.47. The molecule has 172 valence electrons. The van der Waals surface area contributed by atoms with Crippen molar-refractivity contribution in [1.29, 1.82) is 0 Å². The van der Waals surface area contributed by atoms with Gasteiger partial charge in [-0.2, -0.15) is 0 Å². The van der Waals surface area contributed by atoms with Gasteiger partial charge in [-0.3, -0.25) is 9.59 Å². The molecule has 0 spiro atoms. The molecule has 0 bridgehead atoms. The topological polar surface area (TPSA) is 75.7 Å². The smallest absolute Gasteiger partial charge is 0.343 e. The molecule has 0 radical (unpaired) electrons. The predicted octanol–water partition coefficient (Wildman–Crippen LogP) is 6.27. The van der Waals surface area contributed by atoms with Crippen molar-refractivity contribution >= 4 is 64.0 Å². The fourth-order valence-electron chi connectivity index (χ4n) is 3.43. The van der Waals surface area contributed by atoms with Crippen LogP contribution in [0.5, 0.6) is 5.75 Å². The summed E-state index contributed by atoms with van der Waals surface area (Å²) in [5, 5.41) is 3.03. The van der Waals surface area contributed by atoms with Crippen LogP contribution in [0, 0.1) is 13.8 Å². The molecule has 9 heteroatoms. The molecule has 0 unspecified atom stereocenters. The van der Waals surface area contributed by atoms with E-state index >= 15 is 0 Å². The van der Waals surface area contributed by atoms with Crippen LogP contribution < -0.4 is 15.0 Å². The molecule has 1 aliphatic heterocycles. The van der Waals surface area contributed by atoms with Crippen molar-refractivity contribution < 1.29 is 19.1 Å². The summed E-state index contributed by atoms with van der Waals surface area (Å²) in [7, 11) is 0. The highest BCUT2D eigenvalue weighted by molar-refractivity contribution is 6.54. The molecule has 1 N–H and O–H groups in total. The van der Waals surface area contributed by atoms with Crippen molar-refractivity contribution in [3.8, 4) is 5.75 Å². The molecule has 4 rings (SSSR count). The number of anilines is 2. The molecule has 6 nitrogen and oxygen atoms in total. The highest BCUT2D eigenvalue weighted by Gasteiger charge is 2.40. The third-order valence-corrected chi connectivity index (χ3v) is 6.08. The molecule has 0 aromatic heterocycles. The van der Waals surface area contributed by atoms with Gasteiger partial charge in [0.15, 0.2) is 0 Å². The number of aryl methyl sites for hydroxylation is 2. The second-order valence-electron chi connectivity index (χ2n) is 7.54. The quantitative estimate of drug-likeness (QED) is 0.246. The van der Waals surface area contributed by atoms with Crippen LogP contribution in [0.1, 0.15) is 21.5 Å². The zero-order chi connectivity index (χ0) is 24.6. The first-order valence-corrected chi connectivity index (χ1v) is 11.2. The maximum Gasteiger partial charge on any atom is 0.343 e. The lowest BCUT2D eigenvalue weighted by atomic mass is 10.1. The van der Waals surface area contributed by atoms with E-state index in [2.05, 4.69) is 5.32 Å². The van der Waals surface area contributed by atoms with Gasteiger partial charge in [-0.15, -0.1) is 0 Å². The summed E-state index contributed by atoms with van der Waals surface area (Å²) in [6.45, 7) is 3.72. The number of carbonyl (C=O) groups is 3. The first-order valence-electron chi connectivity index (χ1n) is 10.1. The lowest BCUT2D eigenvalue weighted by molar-refractivity contribution is -0.120. The number of nitrogens with zero attached hydrogens (tertiary/aromatic N) is 1. The van der Waals surface area contributed by atoms with Crippen molar-refractivity contribution in [3.63, 3.8) is 0 Å². The number of benzene rings is 3. The fourth-order valence-corrected chi connectivity index (χ4v) is 4.01. The molecule has 1 aliphatic rings. The lowest BCUT2D eigenvalue weighted by Crippen LogP contribution is -2.32. The number of esters is 1. The number of para-hydroxylation sites is 1. The van der Waals surface area contributed by atoms with Crippen LogP contribution in [0.25, 0.3) is 0 Å². The van der Waals surface area contributed by atoms with Gasteiger partial charge in [0.05, 0.1) is 16.3 Å². The van der Waals surface area contributed by atoms with Gasteiger partial charge in [0.1, 0.15) is 16.5 Å². The first kappa shape index (κ1) is 23.8. The first-order chi connectivity index (χ1) is 16.2. The molecule has 1 heterocycles. The van der Waals surface area contributed by atoms with Crippen LogP contribution in [0.15, 0.2) is 71.4 Å². The lowest BCUT2D eigenvalue weighted by Gasteiger charge is -2.17. The number of halogens is 3. The van der Waals surface area contributed by atoms with Crippen LogP contribution in [0.3, 0.4) is 0 Å². The van der Waals surface area contributed by atoms with E-state index in [1.54, 1.807) is 30.3 Å². The van der Waals surface area contributed by atoms with Crippen molar-refractivity contribution in [2.24, 2.45) is 0 Å². The van der Waals surface area contributed by atoms with E-state index in [1.807, 2.05) is 32.0 Å². The zero-order valence-electron chi connectivity index (χ0n) is 18.0. The van der Waals surface area contributed by atoms with E-state index in [4.69, 9.17) is 39.5 Å². The maximum atomic E-state index is 13.0. The largest absolute Gasteiger partial charge is 0.422 e. The number of hydrogen-bond acceptors (Lipinski definition) is 5. The third-order valence-electron chi connectivity index (χ3n) is 5.17. The predicted molar refractivity (Wildman–Crippen MR) is 133 cm³/mol. The van der Waals surface area contributed by atoms with E-state index in [9.17, 15) is 14.4 Å². The highest BCUT2D eigenvalue weighted by atomic mass is 35.5. The molecule has 0 saturated carbocycles. The van der Waals surface area contributed by atoms with Gasteiger partial charge in [0, 0.05) is 10.7 Å². The van der Waals surface area contributed by atoms with Gasteiger partial charge >= 0.3 is 5.97 Å². The van der Waals surface area contributed by atoms with Crippen molar-refractivity contribution in [2.75, 3.05) is 10.2 Å². The van der Waals surface area contributed by atoms with Gasteiger partial charge in [-0.05, 0) is 67.4 Å². The van der Waals surface area contributed by atoms with E-state index in [-0.39, 0.29) is 21.4 Å². The molecule has 34 heavy (non-hydrogen) atoms. The van der Waals surface area contributed by atoms with Crippen LogP contribution in [0.4, 0.5) is 11.4 Å². The van der Waals surface area contributed by atoms with E-state index in [1.165, 1.54) is 12.1 Å². The highest BCUT2D eigenvalue weighted by Crippen LogP contribution is 2.36. The molecule has 0 atom stereocenters. The van der Waals surface area contributed by atoms with Gasteiger partial charge in [-0.25, -0.2) is 9.69 Å². The van der Waals surface area contributed by atoms with E-state index in [0.29, 0.717) is 22.0 Å². The molecule has 0 aliphatic carbocycles. The Hall–Kier alpha value is -3.32. The minimum absolute atomic E-state index is 0.117. The number of rotatable bonds is 5. The monoisotopic (exact) mass is 514 g/mol. The molecule has 2 amide bonds. The SMILES string of the molecule is Cc1cccc(C)c1OC(=O)c1ccc(NC2=C(Cl)C(=O)N(c3cc(Cl)ccc3Cl)C2=O)cc1. The average Bonchev–Trinajstić information content (AvgIpc) is 3.01. The minimum atomic E-state index is -0.730. The molecule has 3 aromatic carbocycles. The Labute approximate surface area is 210 Å². The third kappa shape index (κ3) is 4.53. The van der Waals surface area contributed by atoms with E-state index in [0.717, 1.165) is 16.0 Å². The Kier molecular flexibility index (Phi) is 6.66. The number of amides is 2. The Morgan fingerprint density at radius 2 is 1.53 bits per heavy atom. The number of ether oxygens (including phenoxy) is 1. The summed E-state index contributed by atoms with van der Waals surface area (Å²) in [6, 6.07) is 16.3. The van der Waals surface area contributed by atoms with Gasteiger partial charge < -0.3 is 10.1 Å². The van der Waals surface area contributed by atoms with Crippen LogP contribution in [0.2, 0.25) is 10.0 Å². The number of nitrogens with one attached hydrogen (secondary N) is 1. The molecule has 3 aromatic rings. The van der Waals surface area contributed by atoms with Crippen LogP contribution in [-0.2, 0) is 9.59 Å². The minimum Gasteiger partial charge on any atom is -0.422 e. The van der Waals surface area contributed by atoms with Crippen LogP contribution in [-0.4, -0.2) is 17.8 Å². The fraction of sp³-hybridized carbons (Fsp3) is 0.0800. The number of hydrogen-bond donors (Lipinski definition) is 1. The van der Waals surface area contributed by atoms with E-state index < -0.39 is 17.8 Å². The van der Waals surface area contributed by atoms with Crippen molar-refractivity contribution in [1.82, 2.24) is 0 Å². The maximum absolute atomic E-state index is 13.0. The summed E-state index contributed by atoms with van der Waals surface area (Å²) in [4.78, 5) is 39.1. The summed E-state index contributed by atoms with van der Waals surface area (Å²) >= 11 is 18.3. The second-order valence-corrected chi connectivity index (χ2v) is 8.76. The Morgan fingerprint density at radius 1 is 0.882 bits per heavy atom. The molecular formula is C25H17Cl3N2O4. The normalized spacial score (nSPS) is 13.5. The van der Waals surface area contributed by atoms with Gasteiger partial charge in [0.2, 0.25) is 0 Å². The number of carbonyl (C=O) groups excluding carboxylic acids is 3. The molecule has 0 saturated heterocycles. The zero-order valence-corrected chi connectivity index (χ0v) is 20.3. The molecule has 0 fully saturated rings. The second kappa shape index (κ2) is 9.50. The van der Waals surface area contributed by atoms with Gasteiger partial charge in [0.25, 0.3) is 11.8 Å². The standard InChI is InChI=1S/C25H17Cl3N2O4/c1-13-4-3-5-14(2)22(13)34-25(33)15-6-9-17(10-7-15)29-21-20(28)23(31)30(24(21)32)19-12-16(26)8-11-18(19)27/h3-12,29H,1-2H3. The van der Waals surface area contributed by atoms with Gasteiger partial charge in [-0.1, -0.05) is 53.0 Å². The Bertz CT molecular complexity index is 1350. The molecular weight excluding hydrogens is 499 g/mol. The average molecular weight is 516 g/mol. The summed E-state index contributed by atoms with van der Waals surface area (Å²) in [5.74, 6) is -1.42. The summed E-state index contributed by atoms with van der Waals surface area (Å²) < 4.78 is 5.55. The number of imide groups is 1. The van der Waals surface area contributed by atoms with Crippen LogP contribution >= 0.6 is 34.8 Å². The Morgan fingerprint density at radius 3 is 2.18 bits per heavy atom.